The normalized spacial score (nSPS) is 11.8. The molecule has 0 aliphatic rings. The molecule has 0 atom stereocenters. The largest absolute Gasteiger partial charge is 0.505 e. The highest BCUT2D eigenvalue weighted by Crippen LogP contribution is 2.24. The molecule has 0 aromatic heterocycles. The van der Waals surface area contributed by atoms with Crippen LogP contribution in [0, 0.1) is 5.82 Å². The van der Waals surface area contributed by atoms with Gasteiger partial charge in [0, 0.05) is 30.9 Å². The molecule has 108 valence electrons. The molecule has 0 heterocycles. The lowest BCUT2D eigenvalue weighted by Gasteiger charge is -2.28. The molecule has 0 aliphatic heterocycles. The molecule has 6 heteroatoms. The minimum Gasteiger partial charge on any atom is -0.374 e. The van der Waals surface area contributed by atoms with Crippen molar-refractivity contribution in [3.8, 4) is 0 Å². The molecule has 0 N–H and O–H groups in total. The van der Waals surface area contributed by atoms with Gasteiger partial charge in [-0.05, 0) is 44.5 Å². The Bertz CT molecular complexity index is 386. The summed E-state index contributed by atoms with van der Waals surface area (Å²) >= 11 is 6.09. The predicted molar refractivity (Wildman–Crippen MR) is 75.7 cm³/mol. The van der Waals surface area contributed by atoms with Gasteiger partial charge in [0.15, 0.2) is 0 Å². The first-order chi connectivity index (χ1) is 9.06. The monoisotopic (exact) mass is 306 g/mol. The van der Waals surface area contributed by atoms with E-state index in [2.05, 4.69) is 0 Å². The summed E-state index contributed by atoms with van der Waals surface area (Å²) in [5.74, 6) is -0.327. The summed E-state index contributed by atoms with van der Waals surface area (Å²) in [4.78, 5) is 0. The summed E-state index contributed by atoms with van der Waals surface area (Å²) in [6, 6.07) is 4.65. The van der Waals surface area contributed by atoms with Gasteiger partial charge < -0.3 is 13.3 Å². The van der Waals surface area contributed by atoms with Gasteiger partial charge >= 0.3 is 8.80 Å². The maximum absolute atomic E-state index is 13.3. The summed E-state index contributed by atoms with van der Waals surface area (Å²) in [5.41, 5.74) is 0.656. The van der Waals surface area contributed by atoms with E-state index in [0.717, 1.165) is 0 Å². The topological polar surface area (TPSA) is 27.7 Å². The Kier molecular flexibility index (Phi) is 6.96. The fourth-order valence-corrected chi connectivity index (χ4v) is 4.78. The van der Waals surface area contributed by atoms with E-state index in [-0.39, 0.29) is 5.82 Å². The van der Waals surface area contributed by atoms with Crippen molar-refractivity contribution in [2.75, 3.05) is 19.8 Å². The molecule has 0 spiro atoms. The zero-order chi connectivity index (χ0) is 14.3. The van der Waals surface area contributed by atoms with Gasteiger partial charge in [-0.2, -0.15) is 0 Å². The van der Waals surface area contributed by atoms with E-state index in [1.165, 1.54) is 18.2 Å². The maximum atomic E-state index is 13.3. The van der Waals surface area contributed by atoms with E-state index in [4.69, 9.17) is 24.9 Å². The Labute approximate surface area is 120 Å². The molecule has 0 saturated heterocycles. The molecular weight excluding hydrogens is 287 g/mol. The maximum Gasteiger partial charge on any atom is 0.505 e. The minimum atomic E-state index is -2.84. The second-order valence-electron chi connectivity index (χ2n) is 3.89. The van der Waals surface area contributed by atoms with E-state index in [0.29, 0.717) is 36.5 Å². The van der Waals surface area contributed by atoms with Gasteiger partial charge in [0.2, 0.25) is 0 Å². The number of rotatable bonds is 8. The molecule has 0 saturated carbocycles. The van der Waals surface area contributed by atoms with Crippen molar-refractivity contribution < 1.29 is 17.7 Å². The average Bonchev–Trinajstić information content (AvgIpc) is 2.35. The minimum absolute atomic E-state index is 0.327. The van der Waals surface area contributed by atoms with Gasteiger partial charge in [-0.1, -0.05) is 11.6 Å². The van der Waals surface area contributed by atoms with Gasteiger partial charge in [-0.3, -0.25) is 0 Å². The second-order valence-corrected chi connectivity index (χ2v) is 6.89. The van der Waals surface area contributed by atoms with Gasteiger partial charge in [0.1, 0.15) is 5.82 Å². The predicted octanol–water partition coefficient (Wildman–Crippen LogP) is 3.61. The van der Waals surface area contributed by atoms with Gasteiger partial charge in [0.05, 0.1) is 0 Å². The Hall–Kier alpha value is -0.463. The highest BCUT2D eigenvalue weighted by Gasteiger charge is 2.41. The van der Waals surface area contributed by atoms with Crippen LogP contribution in [0.4, 0.5) is 4.39 Å². The SMILES string of the molecule is CCO[Si](Cc1cc(F)ccc1Cl)(OCC)OCC. The highest BCUT2D eigenvalue weighted by molar-refractivity contribution is 6.60. The summed E-state index contributed by atoms with van der Waals surface area (Å²) in [5, 5.41) is 0.498. The van der Waals surface area contributed by atoms with Crippen molar-refractivity contribution >= 4 is 20.4 Å². The van der Waals surface area contributed by atoms with Gasteiger partial charge in [0.25, 0.3) is 0 Å². The van der Waals surface area contributed by atoms with Crippen molar-refractivity contribution in [1.29, 1.82) is 0 Å². The summed E-state index contributed by atoms with van der Waals surface area (Å²) < 4.78 is 30.5. The third-order valence-electron chi connectivity index (χ3n) is 2.51. The van der Waals surface area contributed by atoms with Gasteiger partial charge in [-0.15, -0.1) is 0 Å². The Morgan fingerprint density at radius 1 is 1.05 bits per heavy atom. The van der Waals surface area contributed by atoms with E-state index in [1.807, 2.05) is 20.8 Å². The third kappa shape index (κ3) is 4.85. The summed E-state index contributed by atoms with van der Waals surface area (Å²) in [6.45, 7) is 7.10. The quantitative estimate of drug-likeness (QED) is 0.687. The first-order valence-electron chi connectivity index (χ1n) is 6.42. The lowest BCUT2D eigenvalue weighted by molar-refractivity contribution is 0.0704. The number of halogens is 2. The molecule has 0 amide bonds. The standard InChI is InChI=1S/C13H20ClFO3Si/c1-4-16-19(17-5-2,18-6-3)10-11-9-12(15)7-8-13(11)14/h7-9H,4-6,10H2,1-3H3. The Balaban J connectivity index is 3.00. The number of hydrogen-bond donors (Lipinski definition) is 0. The number of hydrogen-bond acceptors (Lipinski definition) is 3. The molecule has 0 radical (unpaired) electrons. The van der Waals surface area contributed by atoms with Crippen molar-refractivity contribution in [3.63, 3.8) is 0 Å². The van der Waals surface area contributed by atoms with Crippen LogP contribution in [0.15, 0.2) is 18.2 Å². The third-order valence-corrected chi connectivity index (χ3v) is 5.88. The van der Waals surface area contributed by atoms with Crippen molar-refractivity contribution in [2.45, 2.75) is 26.8 Å². The van der Waals surface area contributed by atoms with Crippen LogP contribution in [0.5, 0.6) is 0 Å². The fraction of sp³-hybridized carbons (Fsp3) is 0.538. The van der Waals surface area contributed by atoms with Crippen LogP contribution in [0.25, 0.3) is 0 Å². The molecule has 0 aliphatic carbocycles. The fourth-order valence-electron chi connectivity index (χ4n) is 1.85. The van der Waals surface area contributed by atoms with Crippen LogP contribution < -0.4 is 0 Å². The van der Waals surface area contributed by atoms with Gasteiger partial charge in [-0.25, -0.2) is 4.39 Å². The average molecular weight is 307 g/mol. The van der Waals surface area contributed by atoms with Crippen molar-refractivity contribution in [2.24, 2.45) is 0 Å². The Morgan fingerprint density at radius 2 is 1.58 bits per heavy atom. The molecule has 0 bridgehead atoms. The second kappa shape index (κ2) is 7.97. The molecular formula is C13H20ClFO3Si. The van der Waals surface area contributed by atoms with E-state index in [9.17, 15) is 4.39 Å². The zero-order valence-corrected chi connectivity index (χ0v) is 13.3. The van der Waals surface area contributed by atoms with Crippen LogP contribution in [-0.4, -0.2) is 28.6 Å². The summed E-state index contributed by atoms with van der Waals surface area (Å²) in [7, 11) is -2.84. The molecule has 19 heavy (non-hydrogen) atoms. The molecule has 1 rings (SSSR count). The lowest BCUT2D eigenvalue weighted by Crippen LogP contribution is -2.48. The van der Waals surface area contributed by atoms with E-state index < -0.39 is 8.80 Å². The number of benzene rings is 1. The van der Waals surface area contributed by atoms with E-state index >= 15 is 0 Å². The molecule has 1 aromatic rings. The zero-order valence-electron chi connectivity index (χ0n) is 11.5. The van der Waals surface area contributed by atoms with Crippen LogP contribution in [0.2, 0.25) is 5.02 Å². The van der Waals surface area contributed by atoms with Crippen LogP contribution >= 0.6 is 11.6 Å². The lowest BCUT2D eigenvalue weighted by atomic mass is 10.2. The first kappa shape index (κ1) is 16.6. The molecule has 0 fully saturated rings. The molecule has 0 unspecified atom stereocenters. The Morgan fingerprint density at radius 3 is 2.05 bits per heavy atom. The highest BCUT2D eigenvalue weighted by atomic mass is 35.5. The summed E-state index contributed by atoms with van der Waals surface area (Å²) in [6.07, 6.45) is 0. The van der Waals surface area contributed by atoms with Crippen LogP contribution in [-0.2, 0) is 19.3 Å². The van der Waals surface area contributed by atoms with Crippen LogP contribution in [0.1, 0.15) is 26.3 Å². The van der Waals surface area contributed by atoms with E-state index in [1.54, 1.807) is 0 Å². The van der Waals surface area contributed by atoms with Crippen molar-refractivity contribution in [1.82, 2.24) is 0 Å². The molecule has 1 aromatic carbocycles. The molecule has 3 nitrogen and oxygen atoms in total. The van der Waals surface area contributed by atoms with Crippen LogP contribution in [0.3, 0.4) is 0 Å². The first-order valence-corrected chi connectivity index (χ1v) is 8.73. The smallest absolute Gasteiger partial charge is 0.374 e. The van der Waals surface area contributed by atoms with Crippen molar-refractivity contribution in [3.05, 3.63) is 34.6 Å².